The van der Waals surface area contributed by atoms with Crippen LogP contribution >= 0.6 is 11.6 Å². The molecular formula is C34H42ClF3N6O5. The number of fused-ring (bicyclic) bond motifs is 2. The zero-order chi connectivity index (χ0) is 34.9. The fourth-order valence-corrected chi connectivity index (χ4v) is 7.75. The third-order valence-corrected chi connectivity index (χ3v) is 10.7. The first-order valence-electron chi connectivity index (χ1n) is 16.8. The van der Waals surface area contributed by atoms with Crippen molar-refractivity contribution in [3.8, 4) is 0 Å². The highest BCUT2D eigenvalue weighted by Crippen LogP contribution is 2.43. The lowest BCUT2D eigenvalue weighted by atomic mass is 9.82. The highest BCUT2D eigenvalue weighted by atomic mass is 35.5. The Morgan fingerprint density at radius 2 is 1.71 bits per heavy atom. The Morgan fingerprint density at radius 3 is 2.37 bits per heavy atom. The molecule has 0 saturated carbocycles. The number of likely N-dealkylation sites (tertiary alicyclic amines) is 2. The summed E-state index contributed by atoms with van der Waals surface area (Å²) in [6.07, 6.45) is -5.14. The second-order valence-electron chi connectivity index (χ2n) is 13.2. The van der Waals surface area contributed by atoms with E-state index in [1.165, 1.54) is 11.0 Å². The van der Waals surface area contributed by atoms with Crippen LogP contribution in [-0.2, 0) is 32.5 Å². The van der Waals surface area contributed by atoms with Gasteiger partial charge in [-0.2, -0.15) is 13.2 Å². The molecule has 2 aromatic carbocycles. The highest BCUT2D eigenvalue weighted by Gasteiger charge is 2.46. The van der Waals surface area contributed by atoms with E-state index in [-0.39, 0.29) is 30.1 Å². The largest absolute Gasteiger partial charge is 0.438 e. The van der Waals surface area contributed by atoms with Gasteiger partial charge in [0.1, 0.15) is 5.60 Å². The van der Waals surface area contributed by atoms with E-state index in [4.69, 9.17) is 26.8 Å². The molecule has 3 N–H and O–H groups in total. The van der Waals surface area contributed by atoms with Crippen molar-refractivity contribution in [3.63, 3.8) is 0 Å². The molecule has 1 spiro atoms. The number of hydrogen-bond donors (Lipinski definition) is 2. The summed E-state index contributed by atoms with van der Waals surface area (Å²) < 4.78 is 53.0. The second kappa shape index (κ2) is 14.2. The molecule has 3 saturated heterocycles. The van der Waals surface area contributed by atoms with Crippen molar-refractivity contribution < 1.29 is 37.0 Å². The van der Waals surface area contributed by atoms with Crippen LogP contribution in [0.1, 0.15) is 49.3 Å². The number of nitrogens with zero attached hydrogens (tertiary/aromatic N) is 4. The molecule has 2 aromatic rings. The first-order valence-corrected chi connectivity index (χ1v) is 17.2. The summed E-state index contributed by atoms with van der Waals surface area (Å²) in [5.41, 5.74) is 4.52. The van der Waals surface area contributed by atoms with Crippen molar-refractivity contribution in [1.82, 2.24) is 19.6 Å². The molecular weight excluding hydrogens is 665 g/mol. The zero-order valence-electron chi connectivity index (χ0n) is 27.4. The average Bonchev–Trinajstić information content (AvgIpc) is 3.09. The number of nitrogen functional groups attached to an aromatic ring is 1. The maximum absolute atomic E-state index is 14.0. The summed E-state index contributed by atoms with van der Waals surface area (Å²) in [5.74, 6) is -0.481. The molecule has 0 unspecified atom stereocenters. The van der Waals surface area contributed by atoms with Gasteiger partial charge in [0, 0.05) is 70.1 Å². The normalized spacial score (nSPS) is 21.1. The van der Waals surface area contributed by atoms with Crippen LogP contribution in [0.4, 0.5) is 34.1 Å². The van der Waals surface area contributed by atoms with Crippen molar-refractivity contribution in [2.75, 3.05) is 70.0 Å². The van der Waals surface area contributed by atoms with Gasteiger partial charge in [-0.1, -0.05) is 36.7 Å². The fraction of sp³-hybridized carbons (Fsp3) is 0.559. The third kappa shape index (κ3) is 7.56. The van der Waals surface area contributed by atoms with Crippen LogP contribution in [0.15, 0.2) is 36.4 Å². The van der Waals surface area contributed by atoms with Gasteiger partial charge in [-0.3, -0.25) is 15.0 Å². The van der Waals surface area contributed by atoms with Crippen LogP contribution in [0, 0.1) is 0 Å². The van der Waals surface area contributed by atoms with Crippen LogP contribution in [0.25, 0.3) is 0 Å². The van der Waals surface area contributed by atoms with Gasteiger partial charge in [-0.05, 0) is 56.2 Å². The van der Waals surface area contributed by atoms with Crippen LogP contribution < -0.4 is 11.1 Å². The Kier molecular flexibility index (Phi) is 10.2. The molecule has 49 heavy (non-hydrogen) atoms. The summed E-state index contributed by atoms with van der Waals surface area (Å²) >= 11 is 6.10. The number of nitrogens with one attached hydrogen (secondary N) is 1. The summed E-state index contributed by atoms with van der Waals surface area (Å²) in [6.45, 7) is 7.70. The topological polar surface area (TPSA) is 121 Å². The van der Waals surface area contributed by atoms with E-state index in [2.05, 4.69) is 22.0 Å². The molecule has 3 amide bonds. The fourth-order valence-electron chi connectivity index (χ4n) is 7.51. The van der Waals surface area contributed by atoms with E-state index in [1.54, 1.807) is 11.0 Å². The van der Waals surface area contributed by atoms with Crippen LogP contribution in [0.2, 0.25) is 5.02 Å². The number of rotatable bonds is 6. The Morgan fingerprint density at radius 1 is 1.04 bits per heavy atom. The van der Waals surface area contributed by atoms with Crippen molar-refractivity contribution in [3.05, 3.63) is 58.1 Å². The molecule has 15 heteroatoms. The molecule has 1 atom stereocenters. The first-order chi connectivity index (χ1) is 23.4. The van der Waals surface area contributed by atoms with Gasteiger partial charge in [0.25, 0.3) is 5.91 Å². The van der Waals surface area contributed by atoms with Crippen molar-refractivity contribution in [1.29, 1.82) is 0 Å². The molecule has 0 bridgehead atoms. The van der Waals surface area contributed by atoms with E-state index in [9.17, 15) is 27.6 Å². The molecule has 4 aliphatic heterocycles. The lowest BCUT2D eigenvalue weighted by molar-refractivity contribution is -0.143. The molecule has 0 radical (unpaired) electrons. The summed E-state index contributed by atoms with van der Waals surface area (Å²) in [5, 5.41) is 2.40. The lowest BCUT2D eigenvalue weighted by Crippen LogP contribution is -2.56. The number of alkyl halides is 3. The van der Waals surface area contributed by atoms with E-state index < -0.39 is 47.2 Å². The number of carbonyl (C=O) groups excluding carboxylic acids is 3. The van der Waals surface area contributed by atoms with Gasteiger partial charge in [0.05, 0.1) is 22.0 Å². The van der Waals surface area contributed by atoms with Gasteiger partial charge < -0.3 is 29.9 Å². The average molecular weight is 707 g/mol. The van der Waals surface area contributed by atoms with Gasteiger partial charge >= 0.3 is 18.4 Å². The monoisotopic (exact) mass is 706 g/mol. The van der Waals surface area contributed by atoms with Gasteiger partial charge in [-0.25, -0.2) is 9.59 Å². The maximum atomic E-state index is 14.0. The van der Waals surface area contributed by atoms with Crippen molar-refractivity contribution >= 4 is 41.1 Å². The van der Waals surface area contributed by atoms with E-state index in [0.717, 1.165) is 44.1 Å². The standard InChI is InChI=1S/C34H42ClF3N6O5/c1-2-41-11-7-23(8-12-41)42-15-17-43(18-16-42)30(45)28(21-22-19-25(34(36,37)38)29(39)26(35)20-22)48-32(47)44-13-9-33(10-14-44)24-5-3-4-6-27(24)40-31(46)49-33/h3-6,19-20,23,28H,2,7-18,21,39H2,1H3,(H,40,46)/t28-/m1/s1. The number of ether oxygens (including phenoxy) is 2. The first kappa shape index (κ1) is 35.1. The van der Waals surface area contributed by atoms with E-state index in [1.807, 2.05) is 18.2 Å². The number of halogens is 4. The summed E-state index contributed by atoms with van der Waals surface area (Å²) in [7, 11) is 0. The minimum Gasteiger partial charge on any atom is -0.438 e. The van der Waals surface area contributed by atoms with Crippen LogP contribution in [0.3, 0.4) is 0 Å². The Bertz CT molecular complexity index is 1550. The zero-order valence-corrected chi connectivity index (χ0v) is 28.2. The van der Waals surface area contributed by atoms with Crippen molar-refractivity contribution in [2.45, 2.75) is 63.0 Å². The Labute approximate surface area is 288 Å². The lowest BCUT2D eigenvalue weighted by Gasteiger charge is -2.44. The number of amides is 3. The van der Waals surface area contributed by atoms with Gasteiger partial charge in [-0.15, -0.1) is 0 Å². The number of hydrogen-bond acceptors (Lipinski definition) is 8. The van der Waals surface area contributed by atoms with E-state index in [0.29, 0.717) is 50.7 Å². The van der Waals surface area contributed by atoms with Gasteiger partial charge in [0.15, 0.2) is 6.10 Å². The molecule has 3 fully saturated rings. The minimum absolute atomic E-state index is 0.0646. The van der Waals surface area contributed by atoms with Gasteiger partial charge in [0.2, 0.25) is 0 Å². The number of piperazine rings is 1. The maximum Gasteiger partial charge on any atom is 0.418 e. The summed E-state index contributed by atoms with van der Waals surface area (Å²) in [4.78, 5) is 47.8. The molecule has 4 heterocycles. The molecule has 0 aromatic heterocycles. The SMILES string of the molecule is CCN1CCC(N2CCN(C(=O)[C@@H](Cc3cc(Cl)c(N)c(C(F)(F)F)c3)OC(=O)N3CCC4(CC3)OC(=O)Nc3ccccc34)CC2)CC1. The minimum atomic E-state index is -4.77. The highest BCUT2D eigenvalue weighted by molar-refractivity contribution is 6.33. The molecule has 11 nitrogen and oxygen atoms in total. The quantitative estimate of drug-likeness (QED) is 0.395. The number of anilines is 2. The molecule has 6 rings (SSSR count). The predicted octanol–water partition coefficient (Wildman–Crippen LogP) is 5.17. The Hall–Kier alpha value is -3.75. The van der Waals surface area contributed by atoms with Crippen molar-refractivity contribution in [2.24, 2.45) is 0 Å². The Balaban J connectivity index is 1.16. The number of nitrogens with two attached hydrogens (primary N) is 1. The smallest absolute Gasteiger partial charge is 0.418 e. The van der Waals surface area contributed by atoms with Crippen LogP contribution in [-0.4, -0.2) is 109 Å². The number of carbonyl (C=O) groups is 3. The number of piperidine rings is 2. The molecule has 4 aliphatic rings. The number of benzene rings is 2. The number of para-hydroxylation sites is 1. The third-order valence-electron chi connectivity index (χ3n) is 10.4. The molecule has 266 valence electrons. The van der Waals surface area contributed by atoms with E-state index >= 15 is 0 Å². The molecule has 0 aliphatic carbocycles. The van der Waals surface area contributed by atoms with Crippen LogP contribution in [0.5, 0.6) is 0 Å². The summed E-state index contributed by atoms with van der Waals surface area (Å²) in [6, 6.07) is 9.87. The predicted molar refractivity (Wildman–Crippen MR) is 177 cm³/mol. The second-order valence-corrected chi connectivity index (χ2v) is 13.6.